The zero-order valence-corrected chi connectivity index (χ0v) is 19.3. The molecule has 6 nitrogen and oxygen atoms in total. The summed E-state index contributed by atoms with van der Waals surface area (Å²) in [5, 5.41) is 5.96. The van der Waals surface area contributed by atoms with E-state index < -0.39 is 17.5 Å². The van der Waals surface area contributed by atoms with E-state index in [1.54, 1.807) is 0 Å². The SMILES string of the molecule is Cc1ccc(N2C(C3C(=O)Nc4ccc(C)cc43)C(=O)CC23C(=O)Nc2ccc(C)cc23)cc1. The molecule has 0 bridgehead atoms. The van der Waals surface area contributed by atoms with Crippen molar-refractivity contribution in [2.24, 2.45) is 0 Å². The van der Waals surface area contributed by atoms with Gasteiger partial charge < -0.3 is 15.5 Å². The number of fused-ring (bicyclic) bond motifs is 3. The quantitative estimate of drug-likeness (QED) is 0.608. The van der Waals surface area contributed by atoms with Gasteiger partial charge in [-0.3, -0.25) is 14.4 Å². The fraction of sp³-hybridized carbons (Fsp3) is 0.250. The van der Waals surface area contributed by atoms with Crippen molar-refractivity contribution in [3.05, 3.63) is 88.5 Å². The number of hydrogen-bond acceptors (Lipinski definition) is 4. The van der Waals surface area contributed by atoms with Crippen molar-refractivity contribution >= 4 is 34.7 Å². The summed E-state index contributed by atoms with van der Waals surface area (Å²) in [6.45, 7) is 5.94. The van der Waals surface area contributed by atoms with Crippen molar-refractivity contribution in [3.8, 4) is 0 Å². The van der Waals surface area contributed by atoms with E-state index in [4.69, 9.17) is 0 Å². The molecule has 0 aliphatic carbocycles. The second kappa shape index (κ2) is 7.03. The summed E-state index contributed by atoms with van der Waals surface area (Å²) in [6.07, 6.45) is 0.0127. The molecule has 170 valence electrons. The number of benzene rings is 3. The molecule has 3 aliphatic heterocycles. The summed E-state index contributed by atoms with van der Waals surface area (Å²) in [7, 11) is 0. The average molecular weight is 452 g/mol. The van der Waals surface area contributed by atoms with Crippen molar-refractivity contribution in [3.63, 3.8) is 0 Å². The van der Waals surface area contributed by atoms with Crippen molar-refractivity contribution in [1.29, 1.82) is 0 Å². The van der Waals surface area contributed by atoms with E-state index in [0.29, 0.717) is 5.69 Å². The third kappa shape index (κ3) is 2.71. The summed E-state index contributed by atoms with van der Waals surface area (Å²) in [5.74, 6) is -1.26. The van der Waals surface area contributed by atoms with E-state index in [9.17, 15) is 14.4 Å². The van der Waals surface area contributed by atoms with Crippen molar-refractivity contribution < 1.29 is 14.4 Å². The standard InChI is InChI=1S/C28H25N3O3/c1-15-4-8-18(9-5-15)31-25(24-19-12-16(2)6-10-21(19)29-26(24)33)23(32)14-28(31)20-13-17(3)7-11-22(20)30-27(28)34/h4-13,24-25H,14H2,1-3H3,(H,29,33)(H,30,34). The number of nitrogens with one attached hydrogen (secondary N) is 2. The first kappa shape index (κ1) is 20.7. The number of rotatable bonds is 2. The molecule has 6 heteroatoms. The predicted molar refractivity (Wildman–Crippen MR) is 131 cm³/mol. The fourth-order valence-electron chi connectivity index (χ4n) is 5.84. The van der Waals surface area contributed by atoms with Crippen LogP contribution >= 0.6 is 0 Å². The summed E-state index contributed by atoms with van der Waals surface area (Å²) < 4.78 is 0. The molecule has 3 atom stereocenters. The first-order valence-electron chi connectivity index (χ1n) is 11.5. The smallest absolute Gasteiger partial charge is 0.255 e. The molecule has 1 fully saturated rings. The normalized spacial score (nSPS) is 24.9. The predicted octanol–water partition coefficient (Wildman–Crippen LogP) is 4.34. The number of hydrogen-bond donors (Lipinski definition) is 2. The molecule has 0 saturated carbocycles. The van der Waals surface area contributed by atoms with E-state index >= 15 is 0 Å². The average Bonchev–Trinajstić information content (AvgIpc) is 3.38. The largest absolute Gasteiger partial charge is 0.342 e. The molecule has 3 unspecified atom stereocenters. The number of Topliss-reactive ketones (excluding diaryl/α,β-unsaturated/α-hetero) is 1. The number of carbonyl (C=O) groups is 3. The van der Waals surface area contributed by atoms with Gasteiger partial charge >= 0.3 is 0 Å². The van der Waals surface area contributed by atoms with Crippen LogP contribution in [0, 0.1) is 20.8 Å². The van der Waals surface area contributed by atoms with Crippen LogP contribution in [0.15, 0.2) is 60.7 Å². The Kier molecular flexibility index (Phi) is 4.27. The van der Waals surface area contributed by atoms with E-state index in [2.05, 4.69) is 10.6 Å². The first-order valence-corrected chi connectivity index (χ1v) is 11.5. The number of amides is 2. The maximum Gasteiger partial charge on any atom is 0.255 e. The highest BCUT2D eigenvalue weighted by molar-refractivity contribution is 6.17. The van der Waals surface area contributed by atoms with E-state index in [-0.39, 0.29) is 24.0 Å². The van der Waals surface area contributed by atoms with Crippen LogP contribution in [0.3, 0.4) is 0 Å². The van der Waals surface area contributed by atoms with E-state index in [1.807, 2.05) is 86.3 Å². The van der Waals surface area contributed by atoms with Crippen LogP contribution in [0.4, 0.5) is 17.1 Å². The van der Waals surface area contributed by atoms with Gasteiger partial charge in [-0.1, -0.05) is 53.1 Å². The van der Waals surface area contributed by atoms with Crippen LogP contribution in [0.2, 0.25) is 0 Å². The fourth-order valence-corrected chi connectivity index (χ4v) is 5.84. The van der Waals surface area contributed by atoms with Gasteiger partial charge in [0.05, 0.1) is 5.92 Å². The Morgan fingerprint density at radius 2 is 1.44 bits per heavy atom. The van der Waals surface area contributed by atoms with Crippen LogP contribution in [0.25, 0.3) is 0 Å². The highest BCUT2D eigenvalue weighted by Crippen LogP contribution is 2.54. The molecule has 6 rings (SSSR count). The minimum atomic E-state index is -1.20. The molecule has 0 radical (unpaired) electrons. The second-order valence-corrected chi connectivity index (χ2v) is 9.71. The lowest BCUT2D eigenvalue weighted by molar-refractivity contribution is -0.124. The first-order chi connectivity index (χ1) is 16.3. The Hall–Kier alpha value is -3.93. The topological polar surface area (TPSA) is 78.5 Å². The molecule has 1 saturated heterocycles. The van der Waals surface area contributed by atoms with E-state index in [1.165, 1.54) is 0 Å². The molecule has 3 aromatic carbocycles. The third-order valence-electron chi connectivity index (χ3n) is 7.40. The number of aryl methyl sites for hydroxylation is 3. The lowest BCUT2D eigenvalue weighted by Crippen LogP contribution is -2.52. The molecule has 2 amide bonds. The van der Waals surface area contributed by atoms with Crippen LogP contribution in [0.5, 0.6) is 0 Å². The monoisotopic (exact) mass is 451 g/mol. The van der Waals surface area contributed by atoms with Gasteiger partial charge in [-0.15, -0.1) is 0 Å². The van der Waals surface area contributed by atoms with Crippen molar-refractivity contribution in [2.75, 3.05) is 15.5 Å². The number of carbonyl (C=O) groups excluding carboxylic acids is 3. The van der Waals surface area contributed by atoms with Crippen LogP contribution < -0.4 is 15.5 Å². The summed E-state index contributed by atoms with van der Waals surface area (Å²) in [5.41, 5.74) is 5.68. The molecular formula is C28H25N3O3. The highest BCUT2D eigenvalue weighted by Gasteiger charge is 2.63. The summed E-state index contributed by atoms with van der Waals surface area (Å²) in [6, 6.07) is 18.6. The molecule has 3 aromatic rings. The number of anilines is 3. The van der Waals surface area contributed by atoms with Gasteiger partial charge in [0.25, 0.3) is 5.91 Å². The van der Waals surface area contributed by atoms with Gasteiger partial charge in [0.1, 0.15) is 6.04 Å². The summed E-state index contributed by atoms with van der Waals surface area (Å²) >= 11 is 0. The Bertz CT molecular complexity index is 1390. The molecule has 0 aromatic heterocycles. The van der Waals surface area contributed by atoms with Crippen molar-refractivity contribution in [2.45, 2.75) is 44.7 Å². The minimum Gasteiger partial charge on any atom is -0.342 e. The Labute approximate surface area is 198 Å². The maximum atomic E-state index is 13.9. The number of ketones is 1. The molecule has 34 heavy (non-hydrogen) atoms. The third-order valence-corrected chi connectivity index (χ3v) is 7.40. The Morgan fingerprint density at radius 1 is 0.794 bits per heavy atom. The van der Waals surface area contributed by atoms with Crippen LogP contribution in [0.1, 0.15) is 40.2 Å². The molecule has 1 spiro atoms. The second-order valence-electron chi connectivity index (χ2n) is 9.71. The van der Waals surface area contributed by atoms with Gasteiger partial charge in [-0.05, 0) is 50.6 Å². The van der Waals surface area contributed by atoms with Crippen LogP contribution in [-0.2, 0) is 19.9 Å². The zero-order valence-electron chi connectivity index (χ0n) is 19.3. The summed E-state index contributed by atoms with van der Waals surface area (Å²) in [4.78, 5) is 42.8. The lowest BCUT2D eigenvalue weighted by Gasteiger charge is -2.39. The minimum absolute atomic E-state index is 0.0127. The van der Waals surface area contributed by atoms with Gasteiger partial charge in [0.2, 0.25) is 5.91 Å². The van der Waals surface area contributed by atoms with Gasteiger partial charge in [-0.2, -0.15) is 0 Å². The van der Waals surface area contributed by atoms with Crippen LogP contribution in [-0.4, -0.2) is 23.6 Å². The molecule has 2 N–H and O–H groups in total. The maximum absolute atomic E-state index is 13.9. The van der Waals surface area contributed by atoms with Gasteiger partial charge in [0.15, 0.2) is 11.3 Å². The zero-order chi connectivity index (χ0) is 23.8. The molecular weight excluding hydrogens is 426 g/mol. The van der Waals surface area contributed by atoms with E-state index in [0.717, 1.165) is 39.2 Å². The lowest BCUT2D eigenvalue weighted by atomic mass is 9.87. The molecule has 3 heterocycles. The highest BCUT2D eigenvalue weighted by atomic mass is 16.2. The van der Waals surface area contributed by atoms with Crippen molar-refractivity contribution in [1.82, 2.24) is 0 Å². The Balaban J connectivity index is 1.60. The van der Waals surface area contributed by atoms with Gasteiger partial charge in [-0.25, -0.2) is 0 Å². The number of nitrogens with zero attached hydrogens (tertiary/aromatic N) is 1. The Morgan fingerprint density at radius 3 is 2.18 bits per heavy atom. The van der Waals surface area contributed by atoms with Gasteiger partial charge in [0, 0.05) is 29.0 Å². The molecule has 3 aliphatic rings.